The van der Waals surface area contributed by atoms with Crippen LogP contribution in [0.2, 0.25) is 0 Å². The van der Waals surface area contributed by atoms with Gasteiger partial charge in [0, 0.05) is 0 Å². The quantitative estimate of drug-likeness (QED) is 0.522. The van der Waals surface area contributed by atoms with Gasteiger partial charge in [-0.15, -0.1) is 0 Å². The van der Waals surface area contributed by atoms with Crippen LogP contribution in [-0.2, 0) is 4.65 Å². The molecule has 0 aromatic heterocycles. The van der Waals surface area contributed by atoms with E-state index in [1.165, 1.54) is 0 Å². The minimum atomic E-state index is 1.10. The number of benzene rings is 1. The molecule has 0 aliphatic carbocycles. The molecule has 0 fully saturated rings. The lowest BCUT2D eigenvalue weighted by Crippen LogP contribution is -1.82. The molecule has 2 heteroatoms. The van der Waals surface area contributed by atoms with Gasteiger partial charge in [-0.3, -0.25) is 0 Å². The summed E-state index contributed by atoms with van der Waals surface area (Å²) >= 11 is 0. The average Bonchev–Trinajstić information content (AvgIpc) is 1.91. The molecule has 45 valence electrons. The van der Waals surface area contributed by atoms with Crippen molar-refractivity contribution in [1.29, 1.82) is 0 Å². The number of hydrogen-bond donors (Lipinski definition) is 0. The van der Waals surface area contributed by atoms with Gasteiger partial charge in [-0.25, -0.2) is 0 Å². The van der Waals surface area contributed by atoms with Gasteiger partial charge in [0.2, 0.25) is 0 Å². The van der Waals surface area contributed by atoms with E-state index < -0.39 is 0 Å². The fraction of sp³-hybridized carbons (Fsp3) is 0. The van der Waals surface area contributed by atoms with Crippen LogP contribution in [0.15, 0.2) is 30.3 Å². The van der Waals surface area contributed by atoms with E-state index in [4.69, 9.17) is 4.65 Å². The molecule has 0 aliphatic rings. The van der Waals surface area contributed by atoms with Crippen molar-refractivity contribution in [2.45, 2.75) is 0 Å². The molecule has 0 N–H and O–H groups in total. The highest BCUT2D eigenvalue weighted by Crippen LogP contribution is 2.00. The third-order valence-electron chi connectivity index (χ3n) is 1.05. The molecule has 0 aliphatic heterocycles. The summed E-state index contributed by atoms with van der Waals surface area (Å²) in [4.78, 5) is 0. The van der Waals surface area contributed by atoms with E-state index >= 15 is 0 Å². The predicted molar refractivity (Wildman–Crippen MR) is 39.5 cm³/mol. The Morgan fingerprint density at radius 2 is 1.89 bits per heavy atom. The Hall–Kier alpha value is -0.755. The minimum absolute atomic E-state index is 1.10. The summed E-state index contributed by atoms with van der Waals surface area (Å²) in [5, 5.41) is 0. The maximum Gasteiger partial charge on any atom is 0.258 e. The zero-order chi connectivity index (χ0) is 6.53. The highest BCUT2D eigenvalue weighted by molar-refractivity contribution is 5.98. The summed E-state index contributed by atoms with van der Waals surface area (Å²) in [5.41, 5.74) is 1.10. The van der Waals surface area contributed by atoms with Crippen LogP contribution < -0.4 is 0 Å². The Morgan fingerprint density at radius 3 is 2.44 bits per heavy atom. The Labute approximate surface area is 56.1 Å². The average molecular weight is 119 g/mol. The highest BCUT2D eigenvalue weighted by atomic mass is 16.4. The summed E-state index contributed by atoms with van der Waals surface area (Å²) in [6.07, 6.45) is 0. The summed E-state index contributed by atoms with van der Waals surface area (Å²) in [6, 6.07) is 9.91. The first-order valence-electron chi connectivity index (χ1n) is 2.84. The lowest BCUT2D eigenvalue weighted by atomic mass is 10.2. The zero-order valence-electron chi connectivity index (χ0n) is 5.37. The monoisotopic (exact) mass is 119 g/mol. The van der Waals surface area contributed by atoms with Gasteiger partial charge in [-0.2, -0.15) is 0 Å². The van der Waals surface area contributed by atoms with Gasteiger partial charge in [0.05, 0.1) is 6.61 Å². The first-order chi connectivity index (χ1) is 4.43. The van der Waals surface area contributed by atoms with Crippen molar-refractivity contribution < 1.29 is 4.65 Å². The van der Waals surface area contributed by atoms with E-state index in [1.807, 2.05) is 30.3 Å². The molecular weight excluding hydrogens is 111 g/mol. The van der Waals surface area contributed by atoms with E-state index in [-0.39, 0.29) is 0 Å². The normalized spacial score (nSPS) is 9.33. The van der Waals surface area contributed by atoms with Crippen molar-refractivity contribution in [3.05, 3.63) is 42.5 Å². The lowest BCUT2D eigenvalue weighted by molar-refractivity contribution is 0.474. The summed E-state index contributed by atoms with van der Waals surface area (Å²) in [7, 11) is 1.65. The highest BCUT2D eigenvalue weighted by Gasteiger charge is 1.85. The summed E-state index contributed by atoms with van der Waals surface area (Å²) in [6.45, 7) is 1.71. The fourth-order valence-corrected chi connectivity index (χ4v) is 0.668. The number of rotatable bonds is 2. The smallest absolute Gasteiger partial charge is 0.258 e. The Morgan fingerprint density at radius 1 is 1.22 bits per heavy atom. The van der Waals surface area contributed by atoms with Crippen molar-refractivity contribution in [1.82, 2.24) is 0 Å². The Kier molecular flexibility index (Phi) is 2.34. The third kappa shape index (κ3) is 1.90. The molecule has 9 heavy (non-hydrogen) atoms. The molecule has 1 rings (SSSR count). The van der Waals surface area contributed by atoms with Crippen LogP contribution in [0.4, 0.5) is 0 Å². The van der Waals surface area contributed by atoms with Crippen LogP contribution in [0, 0.1) is 6.61 Å². The molecule has 0 unspecified atom stereocenters. The van der Waals surface area contributed by atoms with Gasteiger partial charge in [0.1, 0.15) is 0 Å². The SMILES string of the molecule is BO[CH]c1ccccc1. The van der Waals surface area contributed by atoms with Crippen LogP contribution in [0.25, 0.3) is 0 Å². The topological polar surface area (TPSA) is 9.23 Å². The lowest BCUT2D eigenvalue weighted by Gasteiger charge is -1.94. The molecule has 0 bridgehead atoms. The molecule has 1 aromatic rings. The minimum Gasteiger partial charge on any atom is -0.435 e. The van der Waals surface area contributed by atoms with E-state index in [9.17, 15) is 0 Å². The molecule has 0 atom stereocenters. The molecule has 0 spiro atoms. The van der Waals surface area contributed by atoms with Gasteiger partial charge in [-0.1, -0.05) is 30.3 Å². The fourth-order valence-electron chi connectivity index (χ4n) is 0.668. The van der Waals surface area contributed by atoms with E-state index in [0.29, 0.717) is 0 Å². The molecule has 0 saturated heterocycles. The van der Waals surface area contributed by atoms with Crippen LogP contribution in [0.1, 0.15) is 5.56 Å². The predicted octanol–water partition coefficient (Wildman–Crippen LogP) is 0.761. The first-order valence-corrected chi connectivity index (χ1v) is 2.84. The first kappa shape index (κ1) is 6.37. The largest absolute Gasteiger partial charge is 0.435 e. The van der Waals surface area contributed by atoms with Crippen LogP contribution in [0.3, 0.4) is 0 Å². The Balaban J connectivity index is 2.61. The van der Waals surface area contributed by atoms with E-state index in [1.54, 1.807) is 14.7 Å². The van der Waals surface area contributed by atoms with Gasteiger partial charge in [0.25, 0.3) is 8.05 Å². The second kappa shape index (κ2) is 3.31. The molecule has 1 radical (unpaired) electrons. The van der Waals surface area contributed by atoms with E-state index in [2.05, 4.69) is 0 Å². The second-order valence-electron chi connectivity index (χ2n) is 1.76. The van der Waals surface area contributed by atoms with Crippen molar-refractivity contribution >= 4 is 8.05 Å². The van der Waals surface area contributed by atoms with Gasteiger partial charge >= 0.3 is 0 Å². The second-order valence-corrected chi connectivity index (χ2v) is 1.76. The van der Waals surface area contributed by atoms with Crippen molar-refractivity contribution in [2.24, 2.45) is 0 Å². The maximum atomic E-state index is 4.80. The Bertz CT molecular complexity index is 162. The van der Waals surface area contributed by atoms with Crippen LogP contribution in [-0.4, -0.2) is 8.05 Å². The number of hydrogen-bond acceptors (Lipinski definition) is 1. The molecule has 0 saturated carbocycles. The van der Waals surface area contributed by atoms with Crippen LogP contribution >= 0.6 is 0 Å². The van der Waals surface area contributed by atoms with Crippen molar-refractivity contribution in [2.75, 3.05) is 0 Å². The zero-order valence-corrected chi connectivity index (χ0v) is 5.37. The van der Waals surface area contributed by atoms with Crippen LogP contribution in [0.5, 0.6) is 0 Å². The van der Waals surface area contributed by atoms with Crippen molar-refractivity contribution in [3.63, 3.8) is 0 Å². The molecule has 0 amide bonds. The third-order valence-corrected chi connectivity index (χ3v) is 1.05. The summed E-state index contributed by atoms with van der Waals surface area (Å²) < 4.78 is 4.80. The van der Waals surface area contributed by atoms with Gasteiger partial charge in [0.15, 0.2) is 0 Å². The summed E-state index contributed by atoms with van der Waals surface area (Å²) in [5.74, 6) is 0. The van der Waals surface area contributed by atoms with Gasteiger partial charge in [-0.05, 0) is 5.56 Å². The van der Waals surface area contributed by atoms with Gasteiger partial charge < -0.3 is 4.65 Å². The van der Waals surface area contributed by atoms with Crippen molar-refractivity contribution in [3.8, 4) is 0 Å². The standard InChI is InChI=1S/C7H8BO/c8-9-6-7-4-2-1-3-5-7/h1-6H,8H2. The molecular formula is C7H8BO. The molecule has 1 aromatic carbocycles. The van der Waals surface area contributed by atoms with E-state index in [0.717, 1.165) is 5.56 Å². The molecule has 1 nitrogen and oxygen atoms in total. The molecule has 0 heterocycles. The maximum absolute atomic E-state index is 4.80.